The van der Waals surface area contributed by atoms with E-state index >= 15 is 0 Å². The third-order valence-corrected chi connectivity index (χ3v) is 6.29. The van der Waals surface area contributed by atoms with Gasteiger partial charge in [-0.25, -0.2) is 4.90 Å². The minimum atomic E-state index is -1.22. The molecule has 0 aliphatic carbocycles. The Hall–Kier alpha value is -2.99. The van der Waals surface area contributed by atoms with Crippen LogP contribution in [0.3, 0.4) is 0 Å². The number of benzene rings is 2. The average molecular weight is 375 g/mol. The van der Waals surface area contributed by atoms with E-state index in [1.807, 2.05) is 44.2 Å². The SMILES string of the molecule is CC(C)[C@@H]1N[C@]2(C(=O)Nc3ccccc32)[C@@H]2C(=O)N(c3ccccc3)C(=O)[C@H]21. The van der Waals surface area contributed by atoms with Crippen LogP contribution in [-0.4, -0.2) is 23.8 Å². The quantitative estimate of drug-likeness (QED) is 0.790. The molecular formula is C22H21N3O3. The maximum absolute atomic E-state index is 13.6. The first-order valence-corrected chi connectivity index (χ1v) is 9.58. The van der Waals surface area contributed by atoms with E-state index in [1.54, 1.807) is 24.3 Å². The Kier molecular flexibility index (Phi) is 3.52. The fourth-order valence-electron chi connectivity index (χ4n) is 5.10. The summed E-state index contributed by atoms with van der Waals surface area (Å²) in [5.74, 6) is -2.08. The molecule has 3 aliphatic rings. The Balaban J connectivity index is 1.70. The Labute approximate surface area is 162 Å². The van der Waals surface area contributed by atoms with Crippen molar-refractivity contribution >= 4 is 29.1 Å². The zero-order chi connectivity index (χ0) is 19.6. The molecule has 0 radical (unpaired) electrons. The van der Waals surface area contributed by atoms with Gasteiger partial charge >= 0.3 is 0 Å². The lowest BCUT2D eigenvalue weighted by Gasteiger charge is -2.30. The molecule has 2 saturated heterocycles. The molecule has 0 unspecified atom stereocenters. The number of imide groups is 1. The number of carbonyl (C=O) groups excluding carboxylic acids is 3. The zero-order valence-corrected chi connectivity index (χ0v) is 15.7. The second kappa shape index (κ2) is 5.75. The third kappa shape index (κ3) is 1.98. The average Bonchev–Trinajstić information content (AvgIpc) is 3.28. The van der Waals surface area contributed by atoms with Crippen LogP contribution in [-0.2, 0) is 19.9 Å². The first kappa shape index (κ1) is 17.1. The lowest BCUT2D eigenvalue weighted by molar-refractivity contribution is -0.130. The minimum Gasteiger partial charge on any atom is -0.324 e. The van der Waals surface area contributed by atoms with Gasteiger partial charge in [-0.15, -0.1) is 0 Å². The maximum atomic E-state index is 13.6. The summed E-state index contributed by atoms with van der Waals surface area (Å²) in [4.78, 5) is 41.4. The van der Waals surface area contributed by atoms with Gasteiger partial charge in [0.05, 0.1) is 17.5 Å². The second-order valence-electron chi connectivity index (χ2n) is 8.07. The summed E-state index contributed by atoms with van der Waals surface area (Å²) in [7, 11) is 0. The van der Waals surface area contributed by atoms with E-state index < -0.39 is 17.4 Å². The van der Waals surface area contributed by atoms with Crippen LogP contribution in [0.2, 0.25) is 0 Å². The van der Waals surface area contributed by atoms with E-state index in [-0.39, 0.29) is 29.7 Å². The highest BCUT2D eigenvalue weighted by Gasteiger charge is 2.70. The number of anilines is 2. The van der Waals surface area contributed by atoms with E-state index in [0.717, 1.165) is 5.56 Å². The number of nitrogens with zero attached hydrogens (tertiary/aromatic N) is 1. The molecule has 0 saturated carbocycles. The number of amides is 3. The summed E-state index contributed by atoms with van der Waals surface area (Å²) in [6, 6.07) is 16.1. The molecule has 2 aromatic carbocycles. The molecule has 0 bridgehead atoms. The van der Waals surface area contributed by atoms with Crippen LogP contribution >= 0.6 is 0 Å². The molecule has 2 fully saturated rings. The molecule has 6 heteroatoms. The summed E-state index contributed by atoms with van der Waals surface area (Å²) in [6.07, 6.45) is 0. The number of para-hydroxylation sites is 2. The predicted octanol–water partition coefficient (Wildman–Crippen LogP) is 2.27. The van der Waals surface area contributed by atoms with Gasteiger partial charge in [-0.1, -0.05) is 50.2 Å². The summed E-state index contributed by atoms with van der Waals surface area (Å²) in [5.41, 5.74) is 0.777. The van der Waals surface area contributed by atoms with Gasteiger partial charge in [0.25, 0.3) is 0 Å². The number of nitrogens with one attached hydrogen (secondary N) is 2. The summed E-state index contributed by atoms with van der Waals surface area (Å²) in [6.45, 7) is 4.02. The van der Waals surface area contributed by atoms with Crippen LogP contribution in [0.25, 0.3) is 0 Å². The molecule has 1 spiro atoms. The fourth-order valence-corrected chi connectivity index (χ4v) is 5.10. The van der Waals surface area contributed by atoms with Crippen molar-refractivity contribution in [2.24, 2.45) is 17.8 Å². The molecule has 28 heavy (non-hydrogen) atoms. The molecule has 5 rings (SSSR count). The van der Waals surface area contributed by atoms with Crippen molar-refractivity contribution < 1.29 is 14.4 Å². The third-order valence-electron chi connectivity index (χ3n) is 6.29. The van der Waals surface area contributed by atoms with Crippen molar-refractivity contribution in [3.05, 3.63) is 60.2 Å². The molecular weight excluding hydrogens is 354 g/mol. The van der Waals surface area contributed by atoms with Gasteiger partial charge in [0, 0.05) is 17.3 Å². The topological polar surface area (TPSA) is 78.5 Å². The molecule has 3 heterocycles. The Morgan fingerprint density at radius 1 is 0.929 bits per heavy atom. The van der Waals surface area contributed by atoms with Crippen molar-refractivity contribution in [1.82, 2.24) is 5.32 Å². The van der Waals surface area contributed by atoms with Gasteiger partial charge in [-0.3, -0.25) is 19.7 Å². The molecule has 0 aromatic heterocycles. The minimum absolute atomic E-state index is 0.0833. The highest BCUT2D eigenvalue weighted by molar-refractivity contribution is 6.25. The number of hydrogen-bond donors (Lipinski definition) is 2. The standard InChI is InChI=1S/C22H21N3O3/c1-12(2)18-16-17(20(27)25(19(16)26)13-8-4-3-5-9-13)22(24-18)14-10-6-7-11-15(14)23-21(22)28/h3-12,16-18,24H,1-2H3,(H,23,28)/t16-,17+,18+,22+/m1/s1. The van der Waals surface area contributed by atoms with E-state index in [1.165, 1.54) is 4.90 Å². The molecule has 2 N–H and O–H groups in total. The highest BCUT2D eigenvalue weighted by Crippen LogP contribution is 2.54. The van der Waals surface area contributed by atoms with Crippen LogP contribution in [0.5, 0.6) is 0 Å². The lowest BCUT2D eigenvalue weighted by atomic mass is 9.76. The van der Waals surface area contributed by atoms with E-state index in [4.69, 9.17) is 0 Å². The Bertz CT molecular complexity index is 1000. The number of carbonyl (C=O) groups is 3. The molecule has 3 amide bonds. The van der Waals surface area contributed by atoms with E-state index in [2.05, 4.69) is 10.6 Å². The van der Waals surface area contributed by atoms with Gasteiger partial charge in [0.2, 0.25) is 17.7 Å². The normalized spacial score (nSPS) is 30.9. The maximum Gasteiger partial charge on any atom is 0.250 e. The van der Waals surface area contributed by atoms with Crippen molar-refractivity contribution in [3.8, 4) is 0 Å². The Morgan fingerprint density at radius 3 is 2.32 bits per heavy atom. The number of rotatable bonds is 2. The predicted molar refractivity (Wildman–Crippen MR) is 104 cm³/mol. The first-order valence-electron chi connectivity index (χ1n) is 9.58. The van der Waals surface area contributed by atoms with Crippen LogP contribution in [0.1, 0.15) is 19.4 Å². The summed E-state index contributed by atoms with van der Waals surface area (Å²) in [5, 5.41) is 6.34. The smallest absolute Gasteiger partial charge is 0.250 e. The zero-order valence-electron chi connectivity index (χ0n) is 15.7. The van der Waals surface area contributed by atoms with Crippen LogP contribution < -0.4 is 15.5 Å². The molecule has 4 atom stereocenters. The molecule has 142 valence electrons. The van der Waals surface area contributed by atoms with Gasteiger partial charge in [0.1, 0.15) is 5.54 Å². The first-order chi connectivity index (χ1) is 13.5. The van der Waals surface area contributed by atoms with Crippen molar-refractivity contribution in [3.63, 3.8) is 0 Å². The summed E-state index contributed by atoms with van der Waals surface area (Å²) < 4.78 is 0. The molecule has 3 aliphatic heterocycles. The van der Waals surface area contributed by atoms with Crippen LogP contribution in [0.4, 0.5) is 11.4 Å². The monoisotopic (exact) mass is 375 g/mol. The van der Waals surface area contributed by atoms with Crippen LogP contribution in [0.15, 0.2) is 54.6 Å². The van der Waals surface area contributed by atoms with Gasteiger partial charge in [0.15, 0.2) is 0 Å². The van der Waals surface area contributed by atoms with Crippen molar-refractivity contribution in [2.75, 3.05) is 10.2 Å². The largest absolute Gasteiger partial charge is 0.324 e. The van der Waals surface area contributed by atoms with Gasteiger partial charge in [-0.05, 0) is 24.1 Å². The van der Waals surface area contributed by atoms with Crippen molar-refractivity contribution in [1.29, 1.82) is 0 Å². The van der Waals surface area contributed by atoms with Crippen LogP contribution in [0, 0.1) is 17.8 Å². The molecule has 6 nitrogen and oxygen atoms in total. The highest BCUT2D eigenvalue weighted by atomic mass is 16.2. The fraction of sp³-hybridized carbons (Fsp3) is 0.318. The van der Waals surface area contributed by atoms with Crippen molar-refractivity contribution in [2.45, 2.75) is 25.4 Å². The number of hydrogen-bond acceptors (Lipinski definition) is 4. The van der Waals surface area contributed by atoms with Gasteiger partial charge < -0.3 is 5.32 Å². The van der Waals surface area contributed by atoms with E-state index in [0.29, 0.717) is 11.4 Å². The Morgan fingerprint density at radius 2 is 1.61 bits per heavy atom. The molecule has 2 aromatic rings. The number of fused-ring (bicyclic) bond motifs is 4. The van der Waals surface area contributed by atoms with Gasteiger partial charge in [-0.2, -0.15) is 0 Å². The van der Waals surface area contributed by atoms with E-state index in [9.17, 15) is 14.4 Å². The summed E-state index contributed by atoms with van der Waals surface area (Å²) >= 11 is 0. The second-order valence-corrected chi connectivity index (χ2v) is 8.07. The lowest BCUT2D eigenvalue weighted by Crippen LogP contribution is -2.54.